The molecule has 1 saturated carbocycles. The van der Waals surface area contributed by atoms with Gasteiger partial charge in [-0.1, -0.05) is 6.42 Å². The second kappa shape index (κ2) is 6.52. The molecule has 0 heterocycles. The van der Waals surface area contributed by atoms with Crippen molar-refractivity contribution in [3.05, 3.63) is 0 Å². The average molecular weight is 277 g/mol. The van der Waals surface area contributed by atoms with Crippen molar-refractivity contribution in [1.29, 1.82) is 0 Å². The number of sulfone groups is 1. The van der Waals surface area contributed by atoms with Crippen LogP contribution in [0, 0.1) is 0 Å². The molecule has 0 aromatic heterocycles. The van der Waals surface area contributed by atoms with E-state index in [2.05, 4.69) is 5.32 Å². The van der Waals surface area contributed by atoms with Crippen LogP contribution in [0.25, 0.3) is 0 Å². The van der Waals surface area contributed by atoms with Crippen LogP contribution in [0.1, 0.15) is 39.5 Å². The first-order valence-electron chi connectivity index (χ1n) is 6.46. The molecule has 1 aliphatic rings. The Morgan fingerprint density at radius 3 is 2.67 bits per heavy atom. The van der Waals surface area contributed by atoms with Gasteiger partial charge in [-0.2, -0.15) is 0 Å². The van der Waals surface area contributed by atoms with Gasteiger partial charge in [0.1, 0.15) is 15.9 Å². The lowest BCUT2D eigenvalue weighted by Gasteiger charge is -2.30. The van der Waals surface area contributed by atoms with E-state index < -0.39 is 9.84 Å². The maximum Gasteiger partial charge on any atom is 0.322 e. The number of nitrogens with one attached hydrogen (secondary N) is 1. The fourth-order valence-corrected chi connectivity index (χ4v) is 3.55. The molecule has 5 nitrogen and oxygen atoms in total. The van der Waals surface area contributed by atoms with Crippen LogP contribution in [0.5, 0.6) is 0 Å². The number of carbonyl (C=O) groups excluding carboxylic acids is 1. The van der Waals surface area contributed by atoms with Crippen molar-refractivity contribution in [1.82, 2.24) is 5.32 Å². The molecule has 0 amide bonds. The predicted molar refractivity (Wildman–Crippen MR) is 70.1 cm³/mol. The van der Waals surface area contributed by atoms with Crippen molar-refractivity contribution >= 4 is 15.8 Å². The smallest absolute Gasteiger partial charge is 0.322 e. The van der Waals surface area contributed by atoms with Crippen LogP contribution in [-0.2, 0) is 19.4 Å². The summed E-state index contributed by atoms with van der Waals surface area (Å²) in [6.45, 7) is 3.88. The molecule has 0 bridgehead atoms. The lowest BCUT2D eigenvalue weighted by atomic mass is 9.94. The molecule has 1 fully saturated rings. The summed E-state index contributed by atoms with van der Waals surface area (Å²) in [6.07, 6.45) is 4.39. The minimum Gasteiger partial charge on any atom is -0.465 e. The minimum absolute atomic E-state index is 0.0814. The third-order valence-corrected chi connectivity index (χ3v) is 5.00. The van der Waals surface area contributed by atoms with E-state index in [1.165, 1.54) is 6.26 Å². The summed E-state index contributed by atoms with van der Waals surface area (Å²) in [5.74, 6) is -0.279. The predicted octanol–water partition coefficient (Wildman–Crippen LogP) is 0.883. The van der Waals surface area contributed by atoms with Crippen LogP contribution < -0.4 is 5.32 Å². The van der Waals surface area contributed by atoms with Crippen molar-refractivity contribution in [3.63, 3.8) is 0 Å². The molecule has 0 aromatic rings. The Morgan fingerprint density at radius 2 is 2.11 bits per heavy atom. The highest BCUT2D eigenvalue weighted by molar-refractivity contribution is 7.91. The van der Waals surface area contributed by atoms with Crippen LogP contribution in [0.3, 0.4) is 0 Å². The maximum absolute atomic E-state index is 11.5. The second-order valence-corrected chi connectivity index (χ2v) is 7.28. The molecule has 0 spiro atoms. The Morgan fingerprint density at radius 1 is 1.44 bits per heavy atom. The zero-order chi connectivity index (χ0) is 13.8. The van der Waals surface area contributed by atoms with Gasteiger partial charge in [-0.05, 0) is 33.1 Å². The summed E-state index contributed by atoms with van der Waals surface area (Å²) in [5, 5.41) is 2.89. The standard InChI is InChI=1S/C12H23NO4S/c1-4-17-12(14)9(2)13-10-6-5-7-11(8-10)18(3,15)16/h9-11,13H,4-8H2,1-3H3. The summed E-state index contributed by atoms with van der Waals surface area (Å²) in [5.41, 5.74) is 0. The first-order chi connectivity index (χ1) is 8.34. The van der Waals surface area contributed by atoms with Crippen molar-refractivity contribution < 1.29 is 17.9 Å². The fraction of sp³-hybridized carbons (Fsp3) is 0.917. The molecule has 0 aromatic carbocycles. The van der Waals surface area contributed by atoms with Crippen molar-refractivity contribution in [2.75, 3.05) is 12.9 Å². The molecule has 3 atom stereocenters. The van der Waals surface area contributed by atoms with Gasteiger partial charge in [-0.25, -0.2) is 8.42 Å². The van der Waals surface area contributed by atoms with Crippen LogP contribution in [-0.4, -0.2) is 44.6 Å². The highest BCUT2D eigenvalue weighted by atomic mass is 32.2. The zero-order valence-electron chi connectivity index (χ0n) is 11.3. The summed E-state index contributed by atoms with van der Waals surface area (Å²) in [7, 11) is -2.98. The van der Waals surface area contributed by atoms with E-state index in [1.54, 1.807) is 13.8 Å². The Balaban J connectivity index is 2.50. The number of ether oxygens (including phenoxy) is 1. The molecule has 0 saturated heterocycles. The van der Waals surface area contributed by atoms with Gasteiger partial charge in [0, 0.05) is 12.3 Å². The average Bonchev–Trinajstić information content (AvgIpc) is 2.28. The largest absolute Gasteiger partial charge is 0.465 e. The van der Waals surface area contributed by atoms with Gasteiger partial charge in [0.15, 0.2) is 0 Å². The van der Waals surface area contributed by atoms with E-state index in [4.69, 9.17) is 4.74 Å². The van der Waals surface area contributed by atoms with E-state index in [9.17, 15) is 13.2 Å². The fourth-order valence-electron chi connectivity index (χ4n) is 2.37. The first-order valence-corrected chi connectivity index (χ1v) is 8.41. The van der Waals surface area contributed by atoms with E-state index in [1.807, 2.05) is 0 Å². The minimum atomic E-state index is -2.98. The van der Waals surface area contributed by atoms with Crippen LogP contribution >= 0.6 is 0 Å². The lowest BCUT2D eigenvalue weighted by Crippen LogP contribution is -2.46. The van der Waals surface area contributed by atoms with Crippen molar-refractivity contribution in [2.24, 2.45) is 0 Å². The van der Waals surface area contributed by atoms with Gasteiger partial charge in [0.2, 0.25) is 0 Å². The first kappa shape index (κ1) is 15.4. The summed E-state index contributed by atoms with van der Waals surface area (Å²) in [6, 6.07) is -0.300. The second-order valence-electron chi connectivity index (χ2n) is 4.96. The SMILES string of the molecule is CCOC(=O)C(C)NC1CCCC(S(C)(=O)=O)C1. The molecule has 6 heteroatoms. The van der Waals surface area contributed by atoms with Gasteiger partial charge >= 0.3 is 5.97 Å². The highest BCUT2D eigenvalue weighted by Crippen LogP contribution is 2.24. The maximum atomic E-state index is 11.5. The van der Waals surface area contributed by atoms with E-state index in [-0.39, 0.29) is 23.3 Å². The number of hydrogen-bond acceptors (Lipinski definition) is 5. The van der Waals surface area contributed by atoms with Gasteiger partial charge in [0.05, 0.1) is 11.9 Å². The number of carbonyl (C=O) groups is 1. The summed E-state index contributed by atoms with van der Waals surface area (Å²) in [4.78, 5) is 11.5. The number of esters is 1. The molecule has 0 radical (unpaired) electrons. The van der Waals surface area contributed by atoms with Gasteiger partial charge in [-0.3, -0.25) is 4.79 Å². The monoisotopic (exact) mass is 277 g/mol. The molecule has 1 aliphatic carbocycles. The van der Waals surface area contributed by atoms with Gasteiger partial charge in [-0.15, -0.1) is 0 Å². The lowest BCUT2D eigenvalue weighted by molar-refractivity contribution is -0.145. The molecule has 1 rings (SSSR count). The number of rotatable bonds is 5. The van der Waals surface area contributed by atoms with Crippen molar-refractivity contribution in [3.8, 4) is 0 Å². The number of hydrogen-bond donors (Lipinski definition) is 1. The zero-order valence-corrected chi connectivity index (χ0v) is 12.1. The van der Waals surface area contributed by atoms with Crippen LogP contribution in [0.15, 0.2) is 0 Å². The van der Waals surface area contributed by atoms with Crippen LogP contribution in [0.4, 0.5) is 0 Å². The Kier molecular flexibility index (Phi) is 5.59. The van der Waals surface area contributed by atoms with Gasteiger partial charge < -0.3 is 10.1 Å². The molecule has 106 valence electrons. The Hall–Kier alpha value is -0.620. The molecular formula is C12H23NO4S. The van der Waals surface area contributed by atoms with E-state index in [0.29, 0.717) is 13.0 Å². The highest BCUT2D eigenvalue weighted by Gasteiger charge is 2.30. The quantitative estimate of drug-likeness (QED) is 0.755. The normalized spacial score (nSPS) is 26.6. The van der Waals surface area contributed by atoms with Crippen molar-refractivity contribution in [2.45, 2.75) is 56.9 Å². The van der Waals surface area contributed by atoms with Crippen LogP contribution in [0.2, 0.25) is 0 Å². The third-order valence-electron chi connectivity index (χ3n) is 3.36. The topological polar surface area (TPSA) is 72.5 Å². The molecule has 18 heavy (non-hydrogen) atoms. The van der Waals surface area contributed by atoms with Gasteiger partial charge in [0.25, 0.3) is 0 Å². The molecule has 0 aliphatic heterocycles. The summed E-state index contributed by atoms with van der Waals surface area (Å²) < 4.78 is 28.0. The third kappa shape index (κ3) is 4.57. The van der Waals surface area contributed by atoms with E-state index in [0.717, 1.165) is 19.3 Å². The molecule has 3 unspecified atom stereocenters. The summed E-state index contributed by atoms with van der Waals surface area (Å²) >= 11 is 0. The Labute approximate surface area is 109 Å². The molecular weight excluding hydrogens is 254 g/mol. The molecule has 1 N–H and O–H groups in total. The van der Waals surface area contributed by atoms with E-state index >= 15 is 0 Å². The Bertz CT molecular complexity index is 380.